The molecule has 2 aromatic heterocycles. The van der Waals surface area contributed by atoms with Crippen LogP contribution in [-0.4, -0.2) is 15.0 Å². The van der Waals surface area contributed by atoms with Crippen LogP contribution in [0.5, 0.6) is 0 Å². The van der Waals surface area contributed by atoms with Gasteiger partial charge in [-0.05, 0) is 59.7 Å². The first kappa shape index (κ1) is 19.5. The van der Waals surface area contributed by atoms with E-state index in [9.17, 15) is 0 Å². The molecule has 0 radical (unpaired) electrons. The Kier molecular flexibility index (Phi) is 8.34. The van der Waals surface area contributed by atoms with Crippen molar-refractivity contribution in [2.24, 2.45) is 0 Å². The maximum atomic E-state index is 4.17. The lowest BCUT2D eigenvalue weighted by molar-refractivity contribution is 1.01. The zero-order valence-electron chi connectivity index (χ0n) is 15.5. The number of benzene rings is 1. The number of hydrogen-bond acceptors (Lipinski definition) is 3. The number of aromatic nitrogens is 3. The summed E-state index contributed by atoms with van der Waals surface area (Å²) in [5.41, 5.74) is 5.88. The monoisotopic (exact) mass is 321 g/mol. The lowest BCUT2D eigenvalue weighted by Crippen LogP contribution is -1.86. The Labute approximate surface area is 145 Å². The quantitative estimate of drug-likeness (QED) is 0.578. The highest BCUT2D eigenvalue weighted by Crippen LogP contribution is 2.00. The van der Waals surface area contributed by atoms with E-state index in [-0.39, 0.29) is 0 Å². The Morgan fingerprint density at radius 3 is 1.38 bits per heavy atom. The van der Waals surface area contributed by atoms with Crippen molar-refractivity contribution < 1.29 is 0 Å². The van der Waals surface area contributed by atoms with Crippen molar-refractivity contribution in [3.8, 4) is 0 Å². The van der Waals surface area contributed by atoms with Crippen molar-refractivity contribution >= 4 is 0 Å². The van der Waals surface area contributed by atoms with Crippen LogP contribution in [0.15, 0.2) is 54.7 Å². The summed E-state index contributed by atoms with van der Waals surface area (Å²) in [4.78, 5) is 12.2. The molecule has 0 aliphatic rings. The largest absolute Gasteiger partial charge is 0.258 e. The fraction of sp³-hybridized carbons (Fsp3) is 0.286. The summed E-state index contributed by atoms with van der Waals surface area (Å²) >= 11 is 0. The summed E-state index contributed by atoms with van der Waals surface area (Å²) < 4.78 is 0. The third-order valence-corrected chi connectivity index (χ3v) is 3.12. The number of rotatable bonds is 0. The molecule has 3 nitrogen and oxygen atoms in total. The minimum Gasteiger partial charge on any atom is -0.258 e. The topological polar surface area (TPSA) is 38.7 Å². The Hall–Kier alpha value is -2.55. The van der Waals surface area contributed by atoms with E-state index in [4.69, 9.17) is 0 Å². The predicted octanol–water partition coefficient (Wildman–Crippen LogP) is 5.10. The van der Waals surface area contributed by atoms with E-state index in [1.54, 1.807) is 6.20 Å². The highest BCUT2D eigenvalue weighted by atomic mass is 14.9. The molecule has 0 aliphatic heterocycles. The van der Waals surface area contributed by atoms with E-state index in [2.05, 4.69) is 53.1 Å². The van der Waals surface area contributed by atoms with Crippen molar-refractivity contribution in [2.75, 3.05) is 0 Å². The standard InChI is InChI=1S/C8H10.C7H9N.C6H8N2/c1-7-4-3-5-8(2)6-7;1-6-4-3-5-7(2)8-6;1-5-3-4-7-6(2)8-5/h3-6H,1-2H3;3-5H,1-2H3;3-4H,1-2H3. The third-order valence-electron chi connectivity index (χ3n) is 3.12. The van der Waals surface area contributed by atoms with Crippen molar-refractivity contribution in [1.82, 2.24) is 15.0 Å². The van der Waals surface area contributed by atoms with E-state index in [0.717, 1.165) is 22.9 Å². The average molecular weight is 321 g/mol. The Bertz CT molecular complexity index is 596. The van der Waals surface area contributed by atoms with Crippen LogP contribution in [0.3, 0.4) is 0 Å². The Balaban J connectivity index is 0.000000180. The molecule has 126 valence electrons. The number of aryl methyl sites for hydroxylation is 6. The van der Waals surface area contributed by atoms with Gasteiger partial charge in [0.2, 0.25) is 0 Å². The highest BCUT2D eigenvalue weighted by molar-refractivity contribution is 5.20. The van der Waals surface area contributed by atoms with Crippen LogP contribution in [0.2, 0.25) is 0 Å². The molecule has 3 heteroatoms. The molecule has 2 heterocycles. The van der Waals surface area contributed by atoms with E-state index in [1.807, 2.05) is 52.0 Å². The van der Waals surface area contributed by atoms with Crippen molar-refractivity contribution in [3.05, 3.63) is 88.8 Å². The Morgan fingerprint density at radius 2 is 1.08 bits per heavy atom. The van der Waals surface area contributed by atoms with Gasteiger partial charge in [0.15, 0.2) is 0 Å². The molecule has 24 heavy (non-hydrogen) atoms. The maximum absolute atomic E-state index is 4.17. The second-order valence-corrected chi connectivity index (χ2v) is 5.82. The lowest BCUT2D eigenvalue weighted by Gasteiger charge is -1.90. The smallest absolute Gasteiger partial charge is 0.125 e. The van der Waals surface area contributed by atoms with E-state index >= 15 is 0 Å². The maximum Gasteiger partial charge on any atom is 0.125 e. The van der Waals surface area contributed by atoms with Gasteiger partial charge in [-0.1, -0.05) is 41.5 Å². The molecule has 3 aromatic rings. The van der Waals surface area contributed by atoms with Gasteiger partial charge in [-0.2, -0.15) is 0 Å². The van der Waals surface area contributed by atoms with E-state index in [0.29, 0.717) is 0 Å². The van der Waals surface area contributed by atoms with Crippen molar-refractivity contribution in [3.63, 3.8) is 0 Å². The summed E-state index contributed by atoms with van der Waals surface area (Å²) in [5.74, 6) is 0.838. The molecule has 0 saturated carbocycles. The summed E-state index contributed by atoms with van der Waals surface area (Å²) in [5, 5.41) is 0. The summed E-state index contributed by atoms with van der Waals surface area (Å²) in [6.45, 7) is 12.0. The van der Waals surface area contributed by atoms with Crippen molar-refractivity contribution in [2.45, 2.75) is 41.5 Å². The fourth-order valence-electron chi connectivity index (χ4n) is 2.06. The molecule has 0 atom stereocenters. The van der Waals surface area contributed by atoms with Gasteiger partial charge < -0.3 is 0 Å². The molecule has 0 bridgehead atoms. The molecule has 0 N–H and O–H groups in total. The molecule has 1 aromatic carbocycles. The van der Waals surface area contributed by atoms with Gasteiger partial charge in [-0.3, -0.25) is 4.98 Å². The van der Waals surface area contributed by atoms with Gasteiger partial charge in [-0.15, -0.1) is 0 Å². The van der Waals surface area contributed by atoms with Crippen molar-refractivity contribution in [1.29, 1.82) is 0 Å². The van der Waals surface area contributed by atoms with Gasteiger partial charge in [0, 0.05) is 23.3 Å². The second-order valence-electron chi connectivity index (χ2n) is 5.82. The van der Waals surface area contributed by atoms with Crippen LogP contribution < -0.4 is 0 Å². The SMILES string of the molecule is Cc1cccc(C)c1.Cc1cccc(C)n1.Cc1ccnc(C)n1. The molecule has 0 amide bonds. The van der Waals surface area contributed by atoms with Gasteiger partial charge >= 0.3 is 0 Å². The van der Waals surface area contributed by atoms with Gasteiger partial charge in [0.1, 0.15) is 5.82 Å². The number of pyridine rings is 1. The van der Waals surface area contributed by atoms with Gasteiger partial charge in [0.05, 0.1) is 0 Å². The first-order valence-corrected chi connectivity index (χ1v) is 8.06. The summed E-state index contributed by atoms with van der Waals surface area (Å²) in [7, 11) is 0. The highest BCUT2D eigenvalue weighted by Gasteiger charge is 1.84. The number of nitrogens with zero attached hydrogens (tertiary/aromatic N) is 3. The molecule has 0 saturated heterocycles. The number of hydrogen-bond donors (Lipinski definition) is 0. The fourth-order valence-corrected chi connectivity index (χ4v) is 2.06. The van der Waals surface area contributed by atoms with Crippen LogP contribution in [0.4, 0.5) is 0 Å². The normalized spacial score (nSPS) is 9.25. The molecule has 3 rings (SSSR count). The van der Waals surface area contributed by atoms with Crippen LogP contribution in [0.1, 0.15) is 34.0 Å². The summed E-state index contributed by atoms with van der Waals surface area (Å²) in [6.07, 6.45) is 1.76. The van der Waals surface area contributed by atoms with Gasteiger partial charge in [-0.25, -0.2) is 9.97 Å². The van der Waals surface area contributed by atoms with Gasteiger partial charge in [0.25, 0.3) is 0 Å². The first-order valence-electron chi connectivity index (χ1n) is 8.06. The Morgan fingerprint density at radius 1 is 0.583 bits per heavy atom. The average Bonchev–Trinajstić information content (AvgIpc) is 2.47. The third kappa shape index (κ3) is 8.79. The molecule has 0 aliphatic carbocycles. The minimum atomic E-state index is 0.838. The van der Waals surface area contributed by atoms with Crippen LogP contribution in [-0.2, 0) is 0 Å². The van der Waals surface area contributed by atoms with Crippen LogP contribution >= 0.6 is 0 Å². The zero-order chi connectivity index (χ0) is 17.9. The van der Waals surface area contributed by atoms with Crippen LogP contribution in [0, 0.1) is 41.5 Å². The summed E-state index contributed by atoms with van der Waals surface area (Å²) in [6, 6.07) is 16.3. The molecule has 0 fully saturated rings. The zero-order valence-corrected chi connectivity index (χ0v) is 15.5. The lowest BCUT2D eigenvalue weighted by atomic mass is 10.2. The molecular weight excluding hydrogens is 294 g/mol. The van der Waals surface area contributed by atoms with E-state index in [1.165, 1.54) is 11.1 Å². The first-order chi connectivity index (χ1) is 11.4. The predicted molar refractivity (Wildman–Crippen MR) is 101 cm³/mol. The minimum absolute atomic E-state index is 0.838. The molecule has 0 spiro atoms. The van der Waals surface area contributed by atoms with Crippen LogP contribution in [0.25, 0.3) is 0 Å². The van der Waals surface area contributed by atoms with E-state index < -0.39 is 0 Å². The molecule has 0 unspecified atom stereocenters. The molecular formula is C21H27N3. The second kappa shape index (κ2) is 10.3.